The maximum Gasteiger partial charge on any atom is 0.222 e. The molecule has 0 fully saturated rings. The second-order valence-electron chi connectivity index (χ2n) is 4.88. The summed E-state index contributed by atoms with van der Waals surface area (Å²) < 4.78 is 0. The largest absolute Gasteiger partial charge is 0.370 e. The molecule has 5 N–H and O–H groups in total. The number of carbonyl (C=O) groups excluding carboxylic acids is 2. The molecule has 1 amide bonds. The van der Waals surface area contributed by atoms with Gasteiger partial charge in [0, 0.05) is 13.0 Å². The number of guanidine groups is 1. The van der Waals surface area contributed by atoms with E-state index in [1.165, 1.54) is 12.8 Å². The Morgan fingerprint density at radius 3 is 2.55 bits per heavy atom. The molecule has 0 aliphatic rings. The molecule has 0 heterocycles. The van der Waals surface area contributed by atoms with Crippen LogP contribution in [0.25, 0.3) is 0 Å². The van der Waals surface area contributed by atoms with Gasteiger partial charge in [-0.25, -0.2) is 0 Å². The molecule has 1 atom stereocenters. The fourth-order valence-corrected chi connectivity index (χ4v) is 1.85. The fraction of sp³-hybridized carbons (Fsp3) is 0.786. The highest BCUT2D eigenvalue weighted by atomic mass is 16.2. The normalized spacial score (nSPS) is 11.7. The van der Waals surface area contributed by atoms with E-state index in [0.29, 0.717) is 25.8 Å². The molecule has 0 aliphatic heterocycles. The highest BCUT2D eigenvalue weighted by Gasteiger charge is 2.11. The number of nitrogens with one attached hydrogen (secondary N) is 3. The number of hydrogen-bond acceptors (Lipinski definition) is 3. The first-order valence-corrected chi connectivity index (χ1v) is 7.35. The zero-order chi connectivity index (χ0) is 15.2. The third-order valence-corrected chi connectivity index (χ3v) is 2.97. The van der Waals surface area contributed by atoms with E-state index in [1.54, 1.807) is 0 Å². The van der Waals surface area contributed by atoms with Crippen LogP contribution in [-0.2, 0) is 9.59 Å². The molecule has 0 aromatic rings. The quantitative estimate of drug-likeness (QED) is 0.245. The molecule has 6 heteroatoms. The minimum atomic E-state index is -0.563. The molecule has 0 aromatic carbocycles. The third-order valence-electron chi connectivity index (χ3n) is 2.97. The van der Waals surface area contributed by atoms with Gasteiger partial charge in [-0.1, -0.05) is 32.6 Å². The summed E-state index contributed by atoms with van der Waals surface area (Å²) in [7, 11) is 0. The van der Waals surface area contributed by atoms with E-state index >= 15 is 0 Å². The van der Waals surface area contributed by atoms with E-state index in [1.807, 2.05) is 6.29 Å². The van der Waals surface area contributed by atoms with Crippen molar-refractivity contribution in [1.29, 1.82) is 5.41 Å². The zero-order valence-corrected chi connectivity index (χ0v) is 12.3. The Morgan fingerprint density at radius 1 is 1.25 bits per heavy atom. The number of nitrogens with two attached hydrogens (primary N) is 1. The van der Waals surface area contributed by atoms with Crippen molar-refractivity contribution in [1.82, 2.24) is 10.6 Å². The number of amides is 1. The molecule has 0 saturated heterocycles. The lowest BCUT2D eigenvalue weighted by atomic mass is 10.1. The van der Waals surface area contributed by atoms with Crippen LogP contribution in [0.1, 0.15) is 58.3 Å². The van der Waals surface area contributed by atoms with Crippen molar-refractivity contribution in [3.05, 3.63) is 0 Å². The first kappa shape index (κ1) is 18.4. The first-order chi connectivity index (χ1) is 9.60. The van der Waals surface area contributed by atoms with Crippen LogP contribution in [0, 0.1) is 5.41 Å². The van der Waals surface area contributed by atoms with Crippen LogP contribution in [0.4, 0.5) is 0 Å². The van der Waals surface area contributed by atoms with Crippen molar-refractivity contribution in [3.63, 3.8) is 0 Å². The van der Waals surface area contributed by atoms with Crippen molar-refractivity contribution in [3.8, 4) is 0 Å². The number of hydrogen-bond donors (Lipinski definition) is 4. The minimum Gasteiger partial charge on any atom is -0.370 e. The Balaban J connectivity index is 3.67. The first-order valence-electron chi connectivity index (χ1n) is 7.35. The van der Waals surface area contributed by atoms with E-state index in [2.05, 4.69) is 17.6 Å². The molecule has 0 aliphatic carbocycles. The lowest BCUT2D eigenvalue weighted by Crippen LogP contribution is -2.37. The SMILES string of the molecule is CCCCCCCC(=O)N[C@@H]([C]=O)CCCNC(=N)N. The van der Waals surface area contributed by atoms with Gasteiger partial charge in [-0.3, -0.25) is 15.0 Å². The number of carbonyl (C=O) groups is 1. The molecule has 0 spiro atoms. The molecule has 115 valence electrons. The van der Waals surface area contributed by atoms with Gasteiger partial charge in [-0.2, -0.15) is 0 Å². The van der Waals surface area contributed by atoms with Gasteiger partial charge in [0.15, 0.2) is 5.96 Å². The average molecular weight is 283 g/mol. The predicted molar refractivity (Wildman–Crippen MR) is 80.2 cm³/mol. The summed E-state index contributed by atoms with van der Waals surface area (Å²) in [4.78, 5) is 22.4. The second kappa shape index (κ2) is 12.4. The van der Waals surface area contributed by atoms with Crippen LogP contribution in [0.5, 0.6) is 0 Å². The van der Waals surface area contributed by atoms with E-state index in [4.69, 9.17) is 11.1 Å². The Morgan fingerprint density at radius 2 is 1.95 bits per heavy atom. The summed E-state index contributed by atoms with van der Waals surface area (Å²) in [5.41, 5.74) is 5.14. The molecule has 0 rings (SSSR count). The second-order valence-corrected chi connectivity index (χ2v) is 4.88. The van der Waals surface area contributed by atoms with Crippen molar-refractivity contribution in [2.75, 3.05) is 6.54 Å². The number of rotatable bonds is 12. The van der Waals surface area contributed by atoms with Gasteiger partial charge in [0.2, 0.25) is 12.2 Å². The Kier molecular flexibility index (Phi) is 11.5. The smallest absolute Gasteiger partial charge is 0.222 e. The molecule has 1 radical (unpaired) electrons. The molecule has 0 saturated carbocycles. The summed E-state index contributed by atoms with van der Waals surface area (Å²) in [6.45, 7) is 2.67. The Hall–Kier alpha value is -1.59. The zero-order valence-electron chi connectivity index (χ0n) is 12.3. The lowest BCUT2D eigenvalue weighted by molar-refractivity contribution is -0.121. The Labute approximate surface area is 121 Å². The Bertz CT molecular complexity index is 295. The van der Waals surface area contributed by atoms with Gasteiger partial charge < -0.3 is 16.4 Å². The van der Waals surface area contributed by atoms with Gasteiger partial charge >= 0.3 is 0 Å². The minimum absolute atomic E-state index is 0.0885. The average Bonchev–Trinajstić information content (AvgIpc) is 2.41. The van der Waals surface area contributed by atoms with Crippen LogP contribution in [0.15, 0.2) is 0 Å². The van der Waals surface area contributed by atoms with Crippen molar-refractivity contribution < 1.29 is 9.59 Å². The lowest BCUT2D eigenvalue weighted by Gasteiger charge is -2.12. The van der Waals surface area contributed by atoms with Gasteiger partial charge in [0.25, 0.3) is 0 Å². The van der Waals surface area contributed by atoms with Crippen molar-refractivity contribution in [2.24, 2.45) is 5.73 Å². The van der Waals surface area contributed by atoms with Crippen molar-refractivity contribution >= 4 is 18.2 Å². The summed E-state index contributed by atoms with van der Waals surface area (Å²) in [5.74, 6) is -0.179. The van der Waals surface area contributed by atoms with Gasteiger partial charge in [0.05, 0.1) is 6.04 Å². The van der Waals surface area contributed by atoms with E-state index in [0.717, 1.165) is 19.3 Å². The van der Waals surface area contributed by atoms with Crippen LogP contribution in [0.3, 0.4) is 0 Å². The summed E-state index contributed by atoms with van der Waals surface area (Å²) >= 11 is 0. The van der Waals surface area contributed by atoms with E-state index in [9.17, 15) is 9.59 Å². The highest BCUT2D eigenvalue weighted by Crippen LogP contribution is 2.05. The standard InChI is InChI=1S/C14H27N4O2/c1-2-3-4-5-6-9-13(20)18-12(11-19)8-7-10-17-14(15)16/h12H,2-10H2,1H3,(H,18,20)(H4,15,16,17)/t12-/m1/s1. The molecule has 0 unspecified atom stereocenters. The summed E-state index contributed by atoms with van der Waals surface area (Å²) in [6.07, 6.45) is 8.92. The monoisotopic (exact) mass is 283 g/mol. The molecule has 6 nitrogen and oxygen atoms in total. The predicted octanol–water partition coefficient (Wildman–Crippen LogP) is 1.20. The van der Waals surface area contributed by atoms with Crippen LogP contribution in [-0.4, -0.2) is 30.7 Å². The van der Waals surface area contributed by atoms with Crippen LogP contribution in [0.2, 0.25) is 0 Å². The van der Waals surface area contributed by atoms with Crippen molar-refractivity contribution in [2.45, 2.75) is 64.3 Å². The third kappa shape index (κ3) is 11.5. The molecule has 20 heavy (non-hydrogen) atoms. The molecular formula is C14H27N4O2. The van der Waals surface area contributed by atoms with Gasteiger partial charge in [-0.05, 0) is 19.3 Å². The van der Waals surface area contributed by atoms with Crippen LogP contribution < -0.4 is 16.4 Å². The summed E-state index contributed by atoms with van der Waals surface area (Å²) in [6, 6.07) is -0.563. The molecule has 0 bridgehead atoms. The van der Waals surface area contributed by atoms with E-state index < -0.39 is 6.04 Å². The molecule has 0 aromatic heterocycles. The highest BCUT2D eigenvalue weighted by molar-refractivity contribution is 5.79. The van der Waals surface area contributed by atoms with Crippen LogP contribution >= 0.6 is 0 Å². The number of unbranched alkanes of at least 4 members (excludes halogenated alkanes) is 4. The topological polar surface area (TPSA) is 108 Å². The fourth-order valence-electron chi connectivity index (χ4n) is 1.85. The van der Waals surface area contributed by atoms with E-state index in [-0.39, 0.29) is 11.9 Å². The maximum absolute atomic E-state index is 11.6. The molecular weight excluding hydrogens is 256 g/mol. The van der Waals surface area contributed by atoms with Gasteiger partial charge in [0.1, 0.15) is 0 Å². The van der Waals surface area contributed by atoms with Gasteiger partial charge in [-0.15, -0.1) is 0 Å². The maximum atomic E-state index is 11.6. The summed E-state index contributed by atoms with van der Waals surface area (Å²) in [5, 5.41) is 12.3.